The standard InChI is InChI=1S/C6H9N3O/c1-3-4-5(10)8-6(7)9(4)2/h3H,1-2H3,(H2,7,8,10). The highest BCUT2D eigenvalue weighted by Crippen LogP contribution is 2.09. The van der Waals surface area contributed by atoms with Crippen LogP contribution in [0.4, 0.5) is 0 Å². The number of hydrogen-bond acceptors (Lipinski definition) is 3. The molecule has 0 saturated carbocycles. The van der Waals surface area contributed by atoms with E-state index in [0.29, 0.717) is 5.70 Å². The van der Waals surface area contributed by atoms with Crippen molar-refractivity contribution in [2.75, 3.05) is 7.05 Å². The van der Waals surface area contributed by atoms with Crippen LogP contribution in [0.2, 0.25) is 0 Å². The fourth-order valence-corrected chi connectivity index (χ4v) is 0.820. The Kier molecular flexibility index (Phi) is 1.45. The van der Waals surface area contributed by atoms with Crippen molar-refractivity contribution in [1.82, 2.24) is 4.90 Å². The average Bonchev–Trinajstić information content (AvgIpc) is 2.09. The minimum Gasteiger partial charge on any atom is -0.369 e. The normalized spacial score (nSPS) is 22.2. The van der Waals surface area contributed by atoms with Crippen LogP contribution in [-0.4, -0.2) is 23.8 Å². The second kappa shape index (κ2) is 2.13. The highest BCUT2D eigenvalue weighted by Gasteiger charge is 2.22. The van der Waals surface area contributed by atoms with Gasteiger partial charge in [-0.25, -0.2) is 0 Å². The molecule has 10 heavy (non-hydrogen) atoms. The third-order valence-electron chi connectivity index (χ3n) is 1.41. The lowest BCUT2D eigenvalue weighted by molar-refractivity contribution is -0.114. The van der Waals surface area contributed by atoms with Gasteiger partial charge in [-0.1, -0.05) is 6.08 Å². The van der Waals surface area contributed by atoms with Gasteiger partial charge in [0.05, 0.1) is 0 Å². The van der Waals surface area contributed by atoms with Crippen molar-refractivity contribution in [2.24, 2.45) is 10.7 Å². The van der Waals surface area contributed by atoms with Crippen LogP contribution >= 0.6 is 0 Å². The van der Waals surface area contributed by atoms with Crippen LogP contribution < -0.4 is 5.73 Å². The summed E-state index contributed by atoms with van der Waals surface area (Å²) >= 11 is 0. The smallest absolute Gasteiger partial charge is 0.296 e. The molecule has 4 nitrogen and oxygen atoms in total. The molecule has 0 aromatic carbocycles. The molecule has 0 spiro atoms. The van der Waals surface area contributed by atoms with Gasteiger partial charge in [-0.2, -0.15) is 4.99 Å². The predicted octanol–water partition coefficient (Wildman–Crippen LogP) is -0.323. The van der Waals surface area contributed by atoms with Gasteiger partial charge in [-0.15, -0.1) is 0 Å². The zero-order valence-corrected chi connectivity index (χ0v) is 5.96. The molecule has 0 bridgehead atoms. The Hall–Kier alpha value is -1.32. The van der Waals surface area contributed by atoms with Crippen LogP contribution in [0.15, 0.2) is 16.8 Å². The van der Waals surface area contributed by atoms with Crippen LogP contribution in [0, 0.1) is 0 Å². The number of carbonyl (C=O) groups is 1. The molecule has 4 heteroatoms. The lowest BCUT2D eigenvalue weighted by Gasteiger charge is -2.09. The summed E-state index contributed by atoms with van der Waals surface area (Å²) in [5.41, 5.74) is 5.89. The predicted molar refractivity (Wildman–Crippen MR) is 38.1 cm³/mol. The molecule has 0 unspecified atom stereocenters. The molecule has 0 aliphatic carbocycles. The summed E-state index contributed by atoms with van der Waals surface area (Å²) in [6.07, 6.45) is 1.69. The Morgan fingerprint density at radius 1 is 1.70 bits per heavy atom. The van der Waals surface area contributed by atoms with Gasteiger partial charge in [0.2, 0.25) is 5.96 Å². The quantitative estimate of drug-likeness (QED) is 0.468. The van der Waals surface area contributed by atoms with Crippen LogP contribution in [0.5, 0.6) is 0 Å². The number of nitrogens with two attached hydrogens (primary N) is 1. The number of guanidine groups is 1. The van der Waals surface area contributed by atoms with E-state index in [2.05, 4.69) is 4.99 Å². The molecule has 1 aliphatic heterocycles. The molecule has 1 aliphatic rings. The molecule has 0 atom stereocenters. The zero-order chi connectivity index (χ0) is 7.72. The van der Waals surface area contributed by atoms with Gasteiger partial charge in [0.25, 0.3) is 5.91 Å². The van der Waals surface area contributed by atoms with Crippen molar-refractivity contribution in [3.63, 3.8) is 0 Å². The monoisotopic (exact) mass is 139 g/mol. The van der Waals surface area contributed by atoms with Crippen molar-refractivity contribution in [1.29, 1.82) is 0 Å². The van der Waals surface area contributed by atoms with Crippen molar-refractivity contribution in [3.05, 3.63) is 11.8 Å². The molecule has 1 amide bonds. The summed E-state index contributed by atoms with van der Waals surface area (Å²) in [4.78, 5) is 15.9. The first kappa shape index (κ1) is 6.80. The molecule has 0 radical (unpaired) electrons. The number of likely N-dealkylation sites (N-methyl/N-ethyl adjacent to an activating group) is 1. The number of hydrogen-bond donors (Lipinski definition) is 1. The van der Waals surface area contributed by atoms with Crippen LogP contribution in [0.1, 0.15) is 6.92 Å². The van der Waals surface area contributed by atoms with E-state index >= 15 is 0 Å². The second-order valence-corrected chi connectivity index (χ2v) is 2.01. The first-order chi connectivity index (χ1) is 4.66. The van der Waals surface area contributed by atoms with Gasteiger partial charge in [-0.05, 0) is 6.92 Å². The van der Waals surface area contributed by atoms with Gasteiger partial charge < -0.3 is 10.6 Å². The van der Waals surface area contributed by atoms with Gasteiger partial charge in [0.1, 0.15) is 5.70 Å². The van der Waals surface area contributed by atoms with E-state index in [1.54, 1.807) is 24.9 Å². The molecule has 0 aromatic rings. The Balaban J connectivity index is 2.98. The van der Waals surface area contributed by atoms with Gasteiger partial charge in [0.15, 0.2) is 0 Å². The van der Waals surface area contributed by atoms with Gasteiger partial charge in [0, 0.05) is 7.05 Å². The van der Waals surface area contributed by atoms with Crippen molar-refractivity contribution in [3.8, 4) is 0 Å². The number of aliphatic imine (C=N–C) groups is 1. The van der Waals surface area contributed by atoms with Crippen LogP contribution in [-0.2, 0) is 4.79 Å². The van der Waals surface area contributed by atoms with E-state index in [0.717, 1.165) is 0 Å². The maximum Gasteiger partial charge on any atom is 0.296 e. The molecule has 1 rings (SSSR count). The molecule has 1 heterocycles. The molecule has 0 fully saturated rings. The topological polar surface area (TPSA) is 58.7 Å². The molecule has 54 valence electrons. The third-order valence-corrected chi connectivity index (χ3v) is 1.41. The lowest BCUT2D eigenvalue weighted by atomic mass is 10.4. The van der Waals surface area contributed by atoms with E-state index < -0.39 is 0 Å². The molecule has 0 saturated heterocycles. The molecule has 2 N–H and O–H groups in total. The van der Waals surface area contributed by atoms with Crippen molar-refractivity contribution < 1.29 is 4.79 Å². The summed E-state index contributed by atoms with van der Waals surface area (Å²) in [5, 5.41) is 0. The summed E-state index contributed by atoms with van der Waals surface area (Å²) < 4.78 is 0. The van der Waals surface area contributed by atoms with Gasteiger partial charge >= 0.3 is 0 Å². The fourth-order valence-electron chi connectivity index (χ4n) is 0.820. The fraction of sp³-hybridized carbons (Fsp3) is 0.333. The van der Waals surface area contributed by atoms with Crippen LogP contribution in [0.3, 0.4) is 0 Å². The number of rotatable bonds is 0. The summed E-state index contributed by atoms with van der Waals surface area (Å²) in [5.74, 6) is 0.000556. The number of allylic oxidation sites excluding steroid dienone is 1. The zero-order valence-electron chi connectivity index (χ0n) is 5.96. The Morgan fingerprint density at radius 2 is 2.30 bits per heavy atom. The highest BCUT2D eigenvalue weighted by atomic mass is 16.2. The van der Waals surface area contributed by atoms with E-state index in [4.69, 9.17) is 5.73 Å². The minimum atomic E-state index is -0.262. The minimum absolute atomic E-state index is 0.262. The van der Waals surface area contributed by atoms with Crippen molar-refractivity contribution >= 4 is 11.9 Å². The SMILES string of the molecule is CC=C1C(=O)N=C(N)N1C. The number of nitrogens with zero attached hydrogens (tertiary/aromatic N) is 2. The average molecular weight is 139 g/mol. The first-order valence-electron chi connectivity index (χ1n) is 2.95. The maximum absolute atomic E-state index is 10.8. The summed E-state index contributed by atoms with van der Waals surface area (Å²) in [6, 6.07) is 0. The largest absolute Gasteiger partial charge is 0.369 e. The van der Waals surface area contributed by atoms with Crippen molar-refractivity contribution in [2.45, 2.75) is 6.92 Å². The third kappa shape index (κ3) is 0.775. The lowest BCUT2D eigenvalue weighted by Crippen LogP contribution is -2.28. The van der Waals surface area contributed by atoms with E-state index in [9.17, 15) is 4.79 Å². The van der Waals surface area contributed by atoms with E-state index in [1.165, 1.54) is 0 Å². The molecule has 0 aromatic heterocycles. The number of carbonyl (C=O) groups excluding carboxylic acids is 1. The maximum atomic E-state index is 10.8. The van der Waals surface area contributed by atoms with E-state index in [1.807, 2.05) is 0 Å². The van der Waals surface area contributed by atoms with Crippen LogP contribution in [0.25, 0.3) is 0 Å². The van der Waals surface area contributed by atoms with Gasteiger partial charge in [-0.3, -0.25) is 4.79 Å². The molecular weight excluding hydrogens is 130 g/mol. The second-order valence-electron chi connectivity index (χ2n) is 2.01. The Morgan fingerprint density at radius 3 is 2.50 bits per heavy atom. The highest BCUT2D eigenvalue weighted by molar-refractivity contribution is 6.09. The first-order valence-corrected chi connectivity index (χ1v) is 2.95. The Labute approximate surface area is 59.0 Å². The summed E-state index contributed by atoms with van der Waals surface area (Å²) in [7, 11) is 1.71. The van der Waals surface area contributed by atoms with E-state index in [-0.39, 0.29) is 11.9 Å². The molecular formula is C6H9N3O. The summed E-state index contributed by atoms with van der Waals surface area (Å²) in [6.45, 7) is 1.78. The number of amides is 1. The Bertz CT molecular complexity index is 229.